The maximum Gasteiger partial charge on any atom is 0.0625 e. The Morgan fingerprint density at radius 1 is 1.42 bits per heavy atom. The molecule has 108 valence electrons. The Balaban J connectivity index is 1.67. The highest BCUT2D eigenvalue weighted by molar-refractivity contribution is 5.23. The number of nitrogens with zero attached hydrogens (tertiary/aromatic N) is 2. The summed E-state index contributed by atoms with van der Waals surface area (Å²) in [5, 5.41) is 7.31. The van der Waals surface area contributed by atoms with Gasteiger partial charge in [-0.3, -0.25) is 5.10 Å². The number of rotatable bonds is 6. The van der Waals surface area contributed by atoms with Crippen molar-refractivity contribution in [3.05, 3.63) is 17.0 Å². The van der Waals surface area contributed by atoms with E-state index < -0.39 is 0 Å². The monoisotopic (exact) mass is 265 g/mol. The zero-order valence-electron chi connectivity index (χ0n) is 12.5. The van der Waals surface area contributed by atoms with Crippen molar-refractivity contribution in [2.75, 3.05) is 33.4 Å². The molecule has 1 saturated heterocycles. The molecule has 0 spiro atoms. The summed E-state index contributed by atoms with van der Waals surface area (Å²) in [6.45, 7) is 8.42. The Hall–Kier alpha value is -0.870. The molecule has 0 bridgehead atoms. The number of H-pyrrole nitrogens is 1. The fraction of sp³-hybridized carbons (Fsp3) is 0.800. The second kappa shape index (κ2) is 7.06. The molecule has 1 aromatic heterocycles. The first-order valence-corrected chi connectivity index (χ1v) is 7.43. The minimum atomic E-state index is 0.733. The van der Waals surface area contributed by atoms with E-state index >= 15 is 0 Å². The first kappa shape index (κ1) is 14.5. The topological polar surface area (TPSA) is 41.2 Å². The van der Waals surface area contributed by atoms with Gasteiger partial charge in [-0.1, -0.05) is 0 Å². The Morgan fingerprint density at radius 3 is 2.89 bits per heavy atom. The second-order valence-corrected chi connectivity index (χ2v) is 5.86. The van der Waals surface area contributed by atoms with Crippen LogP contribution in [0, 0.1) is 19.8 Å². The highest BCUT2D eigenvalue weighted by atomic mass is 16.5. The van der Waals surface area contributed by atoms with Gasteiger partial charge in [-0.25, -0.2) is 0 Å². The van der Waals surface area contributed by atoms with E-state index in [2.05, 4.69) is 36.0 Å². The van der Waals surface area contributed by atoms with Gasteiger partial charge in [-0.2, -0.15) is 5.10 Å². The third-order valence-electron chi connectivity index (χ3n) is 4.07. The Bertz CT molecular complexity index is 363. The molecule has 0 aromatic carbocycles. The van der Waals surface area contributed by atoms with Crippen molar-refractivity contribution >= 4 is 0 Å². The zero-order valence-corrected chi connectivity index (χ0v) is 12.5. The second-order valence-electron chi connectivity index (χ2n) is 5.86. The van der Waals surface area contributed by atoms with Crippen LogP contribution >= 0.6 is 0 Å². The summed E-state index contributed by atoms with van der Waals surface area (Å²) < 4.78 is 5.54. The van der Waals surface area contributed by atoms with E-state index in [1.165, 1.54) is 37.1 Å². The summed E-state index contributed by atoms with van der Waals surface area (Å²) in [6.07, 6.45) is 4.88. The van der Waals surface area contributed by atoms with Crippen LogP contribution in [0.1, 0.15) is 36.2 Å². The summed E-state index contributed by atoms with van der Waals surface area (Å²) in [5.41, 5.74) is 3.77. The van der Waals surface area contributed by atoms with Crippen LogP contribution in [0.15, 0.2) is 0 Å². The first-order chi connectivity index (χ1) is 9.16. The fourth-order valence-corrected chi connectivity index (χ4v) is 2.95. The Labute approximate surface area is 116 Å². The lowest BCUT2D eigenvalue weighted by molar-refractivity contribution is 0.0420. The van der Waals surface area contributed by atoms with Gasteiger partial charge in [0, 0.05) is 18.8 Å². The van der Waals surface area contributed by atoms with E-state index in [0.29, 0.717) is 0 Å². The Kier molecular flexibility index (Phi) is 5.40. The van der Waals surface area contributed by atoms with Crippen LogP contribution in [0.4, 0.5) is 0 Å². The smallest absolute Gasteiger partial charge is 0.0625 e. The first-order valence-electron chi connectivity index (χ1n) is 7.43. The number of nitrogens with one attached hydrogen (secondary N) is 1. The van der Waals surface area contributed by atoms with Crippen molar-refractivity contribution in [3.8, 4) is 0 Å². The normalized spacial score (nSPS) is 20.1. The molecule has 0 radical (unpaired) electrons. The molecule has 19 heavy (non-hydrogen) atoms. The molecular weight excluding hydrogens is 238 g/mol. The average molecular weight is 265 g/mol. The van der Waals surface area contributed by atoms with E-state index in [1.54, 1.807) is 0 Å². The molecule has 4 nitrogen and oxygen atoms in total. The molecule has 0 saturated carbocycles. The maximum atomic E-state index is 5.54. The molecule has 2 rings (SSSR count). The quantitative estimate of drug-likeness (QED) is 0.858. The summed E-state index contributed by atoms with van der Waals surface area (Å²) in [4.78, 5) is 2.45. The summed E-state index contributed by atoms with van der Waals surface area (Å²) in [7, 11) is 2.23. The third kappa shape index (κ3) is 4.32. The van der Waals surface area contributed by atoms with E-state index in [1.807, 2.05) is 0 Å². The summed E-state index contributed by atoms with van der Waals surface area (Å²) in [6, 6.07) is 0. The molecule has 1 atom stereocenters. The van der Waals surface area contributed by atoms with E-state index in [0.717, 1.165) is 37.8 Å². The molecule has 1 N–H and O–H groups in total. The van der Waals surface area contributed by atoms with Crippen LogP contribution in [-0.4, -0.2) is 48.4 Å². The molecule has 1 aliphatic rings. The number of hydrogen-bond donors (Lipinski definition) is 1. The third-order valence-corrected chi connectivity index (χ3v) is 4.07. The van der Waals surface area contributed by atoms with Gasteiger partial charge in [-0.05, 0) is 64.6 Å². The Morgan fingerprint density at radius 2 is 2.26 bits per heavy atom. The highest BCUT2D eigenvalue weighted by Crippen LogP contribution is 2.15. The molecule has 1 aliphatic heterocycles. The van der Waals surface area contributed by atoms with Crippen LogP contribution in [-0.2, 0) is 11.2 Å². The van der Waals surface area contributed by atoms with Gasteiger partial charge in [0.15, 0.2) is 0 Å². The van der Waals surface area contributed by atoms with Gasteiger partial charge in [0.1, 0.15) is 0 Å². The number of aromatic amines is 1. The zero-order chi connectivity index (χ0) is 13.7. The van der Waals surface area contributed by atoms with Crippen molar-refractivity contribution in [1.82, 2.24) is 15.1 Å². The van der Waals surface area contributed by atoms with E-state index in [-0.39, 0.29) is 0 Å². The maximum absolute atomic E-state index is 5.54. The predicted octanol–water partition coefficient (Wildman–Crippen LogP) is 2.32. The molecule has 2 heterocycles. The number of hydrogen-bond acceptors (Lipinski definition) is 3. The fourth-order valence-electron chi connectivity index (χ4n) is 2.95. The molecule has 0 amide bonds. The summed E-state index contributed by atoms with van der Waals surface area (Å²) >= 11 is 0. The van der Waals surface area contributed by atoms with Crippen molar-refractivity contribution in [1.29, 1.82) is 0 Å². The lowest BCUT2D eigenvalue weighted by Gasteiger charge is -2.27. The van der Waals surface area contributed by atoms with Crippen LogP contribution in [0.3, 0.4) is 0 Å². The van der Waals surface area contributed by atoms with Gasteiger partial charge in [0.25, 0.3) is 0 Å². The molecule has 1 fully saturated rings. The molecule has 4 heteroatoms. The van der Waals surface area contributed by atoms with Crippen LogP contribution in [0.25, 0.3) is 0 Å². The van der Waals surface area contributed by atoms with Crippen molar-refractivity contribution in [2.45, 2.75) is 39.5 Å². The van der Waals surface area contributed by atoms with Crippen LogP contribution in [0.2, 0.25) is 0 Å². The molecular formula is C15H27N3O. The van der Waals surface area contributed by atoms with Gasteiger partial charge in [0.2, 0.25) is 0 Å². The highest BCUT2D eigenvalue weighted by Gasteiger charge is 2.15. The molecule has 1 aromatic rings. The minimum Gasteiger partial charge on any atom is -0.381 e. The SMILES string of the molecule is Cc1n[nH]c(C)c1CCCN(C)C[C@@H]1CCCOC1. The standard InChI is InChI=1S/C15H27N3O/c1-12-15(13(2)17-16-12)7-4-8-18(3)10-14-6-5-9-19-11-14/h14H,4-11H2,1-3H3,(H,16,17)/t14-/m0/s1. The van der Waals surface area contributed by atoms with Crippen molar-refractivity contribution in [3.63, 3.8) is 0 Å². The van der Waals surface area contributed by atoms with Crippen molar-refractivity contribution in [2.24, 2.45) is 5.92 Å². The van der Waals surface area contributed by atoms with E-state index in [9.17, 15) is 0 Å². The summed E-state index contributed by atoms with van der Waals surface area (Å²) in [5.74, 6) is 0.733. The lowest BCUT2D eigenvalue weighted by atomic mass is 10.0. The predicted molar refractivity (Wildman–Crippen MR) is 77.4 cm³/mol. The van der Waals surface area contributed by atoms with Gasteiger partial charge in [0.05, 0.1) is 12.3 Å². The van der Waals surface area contributed by atoms with Gasteiger partial charge < -0.3 is 9.64 Å². The largest absolute Gasteiger partial charge is 0.381 e. The number of ether oxygens (including phenoxy) is 1. The van der Waals surface area contributed by atoms with Gasteiger partial charge in [-0.15, -0.1) is 0 Å². The van der Waals surface area contributed by atoms with Crippen LogP contribution < -0.4 is 0 Å². The van der Waals surface area contributed by atoms with Crippen LogP contribution in [0.5, 0.6) is 0 Å². The van der Waals surface area contributed by atoms with E-state index in [4.69, 9.17) is 4.74 Å². The van der Waals surface area contributed by atoms with Gasteiger partial charge >= 0.3 is 0 Å². The molecule has 0 unspecified atom stereocenters. The lowest BCUT2D eigenvalue weighted by Crippen LogP contribution is -2.31. The number of aryl methyl sites for hydroxylation is 2. The number of aromatic nitrogens is 2. The molecule has 0 aliphatic carbocycles. The average Bonchev–Trinajstić information content (AvgIpc) is 2.71. The minimum absolute atomic E-state index is 0.733. The van der Waals surface area contributed by atoms with Crippen molar-refractivity contribution < 1.29 is 4.74 Å².